The second kappa shape index (κ2) is 7.13. The van der Waals surface area contributed by atoms with Crippen molar-refractivity contribution in [2.45, 2.75) is 43.4 Å². The number of hydrogen-bond acceptors (Lipinski definition) is 4. The van der Waals surface area contributed by atoms with Crippen LogP contribution in [0.15, 0.2) is 34.5 Å². The van der Waals surface area contributed by atoms with E-state index in [1.807, 2.05) is 12.1 Å². The largest absolute Gasteiger partial charge is 0.321 e. The minimum Gasteiger partial charge on any atom is -0.321 e. The number of rotatable bonds is 4. The Hall–Kier alpha value is -1.70. The topological polar surface area (TPSA) is 66.5 Å². The molecular weight excluding hydrogens is 368 g/mol. The van der Waals surface area contributed by atoms with Crippen LogP contribution in [-0.2, 0) is 22.9 Å². The first-order valence-corrected chi connectivity index (χ1v) is 11.4. The molecule has 138 valence electrons. The van der Waals surface area contributed by atoms with Gasteiger partial charge in [0.2, 0.25) is 10.0 Å². The molecule has 2 aromatic rings. The molecule has 0 bridgehead atoms. The number of fused-ring (bicyclic) bond motifs is 1. The van der Waals surface area contributed by atoms with Gasteiger partial charge in [-0.2, -0.15) is 4.31 Å². The number of piperidine rings is 1. The van der Waals surface area contributed by atoms with Gasteiger partial charge in [0, 0.05) is 18.8 Å². The van der Waals surface area contributed by atoms with Crippen LogP contribution in [0.1, 0.15) is 46.5 Å². The molecule has 0 spiro atoms. The fourth-order valence-corrected chi connectivity index (χ4v) is 6.56. The van der Waals surface area contributed by atoms with Crippen molar-refractivity contribution in [2.24, 2.45) is 0 Å². The zero-order chi connectivity index (χ0) is 18.1. The summed E-state index contributed by atoms with van der Waals surface area (Å²) in [5, 5.41) is 4.55. The van der Waals surface area contributed by atoms with Crippen molar-refractivity contribution in [3.63, 3.8) is 0 Å². The van der Waals surface area contributed by atoms with Gasteiger partial charge in [-0.1, -0.05) is 12.5 Å². The number of benzene rings is 1. The van der Waals surface area contributed by atoms with Crippen molar-refractivity contribution in [3.8, 4) is 0 Å². The molecule has 1 amide bonds. The molecule has 1 N–H and O–H groups in total. The monoisotopic (exact) mass is 390 g/mol. The van der Waals surface area contributed by atoms with Gasteiger partial charge in [-0.05, 0) is 66.8 Å². The van der Waals surface area contributed by atoms with Gasteiger partial charge < -0.3 is 5.32 Å². The maximum atomic E-state index is 12.9. The van der Waals surface area contributed by atoms with Crippen LogP contribution < -0.4 is 5.32 Å². The standard InChI is InChI=1S/C19H22N2O3S2/c22-19(20-16-8-7-14-5-4-6-15(14)13-16)18-17(9-12-25-18)26(23,24)21-10-2-1-3-11-21/h7-9,12-13H,1-6,10-11H2,(H,20,22). The second-order valence-electron chi connectivity index (χ2n) is 6.87. The molecule has 1 aliphatic carbocycles. The third kappa shape index (κ3) is 3.31. The molecule has 2 aliphatic rings. The van der Waals surface area contributed by atoms with Crippen LogP contribution in [0.25, 0.3) is 0 Å². The number of nitrogens with zero attached hydrogens (tertiary/aromatic N) is 1. The summed E-state index contributed by atoms with van der Waals surface area (Å²) in [6.45, 7) is 1.06. The highest BCUT2D eigenvalue weighted by molar-refractivity contribution is 7.89. The first-order valence-electron chi connectivity index (χ1n) is 9.06. The lowest BCUT2D eigenvalue weighted by Crippen LogP contribution is -2.36. The molecule has 1 aromatic heterocycles. The molecule has 0 radical (unpaired) electrons. The van der Waals surface area contributed by atoms with Gasteiger partial charge in [0.05, 0.1) is 0 Å². The molecule has 5 nitrogen and oxygen atoms in total. The number of carbonyl (C=O) groups is 1. The molecular formula is C19H22N2O3S2. The molecule has 26 heavy (non-hydrogen) atoms. The Kier molecular flexibility index (Phi) is 4.86. The SMILES string of the molecule is O=C(Nc1ccc2c(c1)CCC2)c1sccc1S(=O)(=O)N1CCCCC1. The van der Waals surface area contributed by atoms with Gasteiger partial charge in [0.1, 0.15) is 9.77 Å². The smallest absolute Gasteiger partial charge is 0.267 e. The van der Waals surface area contributed by atoms with Crippen molar-refractivity contribution in [1.29, 1.82) is 0 Å². The van der Waals surface area contributed by atoms with E-state index in [1.54, 1.807) is 11.4 Å². The summed E-state index contributed by atoms with van der Waals surface area (Å²) in [5.74, 6) is -0.353. The van der Waals surface area contributed by atoms with Crippen molar-refractivity contribution in [1.82, 2.24) is 4.31 Å². The van der Waals surface area contributed by atoms with Crippen LogP contribution in [0.3, 0.4) is 0 Å². The molecule has 1 aromatic carbocycles. The zero-order valence-corrected chi connectivity index (χ0v) is 16.2. The summed E-state index contributed by atoms with van der Waals surface area (Å²) >= 11 is 1.18. The number of thiophene rings is 1. The summed E-state index contributed by atoms with van der Waals surface area (Å²) < 4.78 is 27.4. The van der Waals surface area contributed by atoms with Crippen LogP contribution >= 0.6 is 11.3 Å². The van der Waals surface area contributed by atoms with Gasteiger partial charge in [-0.15, -0.1) is 11.3 Å². The molecule has 2 heterocycles. The number of sulfonamides is 1. The normalized spacial score (nSPS) is 17.8. The lowest BCUT2D eigenvalue weighted by molar-refractivity contribution is 0.102. The van der Waals surface area contributed by atoms with Crippen molar-refractivity contribution >= 4 is 33.0 Å². The van der Waals surface area contributed by atoms with Gasteiger partial charge in [0.15, 0.2) is 0 Å². The number of aryl methyl sites for hydroxylation is 2. The van der Waals surface area contributed by atoms with Gasteiger partial charge in [-0.3, -0.25) is 4.79 Å². The number of carbonyl (C=O) groups excluding carboxylic acids is 1. The van der Waals surface area contributed by atoms with E-state index in [1.165, 1.54) is 26.8 Å². The summed E-state index contributed by atoms with van der Waals surface area (Å²) in [7, 11) is -3.61. The predicted octanol–water partition coefficient (Wildman–Crippen LogP) is 3.66. The molecule has 1 saturated heterocycles. The average Bonchev–Trinajstić information content (AvgIpc) is 3.31. The Morgan fingerprint density at radius 1 is 1.00 bits per heavy atom. The van der Waals surface area contributed by atoms with Crippen molar-refractivity contribution in [2.75, 3.05) is 18.4 Å². The highest BCUT2D eigenvalue weighted by atomic mass is 32.2. The second-order valence-corrected chi connectivity index (χ2v) is 9.69. The van der Waals surface area contributed by atoms with Crippen LogP contribution in [0.4, 0.5) is 5.69 Å². The molecule has 1 aliphatic heterocycles. The van der Waals surface area contributed by atoms with Crippen molar-refractivity contribution in [3.05, 3.63) is 45.6 Å². The van der Waals surface area contributed by atoms with E-state index < -0.39 is 10.0 Å². The van der Waals surface area contributed by atoms with Crippen LogP contribution in [0.2, 0.25) is 0 Å². The predicted molar refractivity (Wildman–Crippen MR) is 103 cm³/mol. The van der Waals surface area contributed by atoms with Gasteiger partial charge in [0.25, 0.3) is 5.91 Å². The highest BCUT2D eigenvalue weighted by Gasteiger charge is 2.31. The third-order valence-electron chi connectivity index (χ3n) is 5.12. The summed E-state index contributed by atoms with van der Waals surface area (Å²) in [6.07, 6.45) is 6.08. The highest BCUT2D eigenvalue weighted by Crippen LogP contribution is 2.29. The quantitative estimate of drug-likeness (QED) is 0.866. The molecule has 0 unspecified atom stereocenters. The van der Waals surface area contributed by atoms with E-state index in [2.05, 4.69) is 11.4 Å². The molecule has 0 saturated carbocycles. The summed E-state index contributed by atoms with van der Waals surface area (Å²) in [6, 6.07) is 7.51. The Balaban J connectivity index is 1.57. The zero-order valence-electron chi connectivity index (χ0n) is 14.5. The van der Waals surface area contributed by atoms with Crippen LogP contribution in [-0.4, -0.2) is 31.7 Å². The fraction of sp³-hybridized carbons (Fsp3) is 0.421. The van der Waals surface area contributed by atoms with Crippen LogP contribution in [0.5, 0.6) is 0 Å². The molecule has 1 fully saturated rings. The Morgan fingerprint density at radius 2 is 1.77 bits per heavy atom. The first-order chi connectivity index (χ1) is 12.6. The van der Waals surface area contributed by atoms with E-state index in [0.29, 0.717) is 13.1 Å². The molecule has 7 heteroatoms. The minimum absolute atomic E-state index is 0.128. The lowest BCUT2D eigenvalue weighted by Gasteiger charge is -2.25. The molecule has 0 atom stereocenters. The fourth-order valence-electron chi connectivity index (χ4n) is 3.75. The first kappa shape index (κ1) is 17.7. The van der Waals surface area contributed by atoms with E-state index >= 15 is 0 Å². The molecule has 4 rings (SSSR count). The minimum atomic E-state index is -3.61. The average molecular weight is 391 g/mol. The number of anilines is 1. The van der Waals surface area contributed by atoms with Crippen molar-refractivity contribution < 1.29 is 13.2 Å². The number of amides is 1. The summed E-state index contributed by atoms with van der Waals surface area (Å²) in [5.41, 5.74) is 3.34. The summed E-state index contributed by atoms with van der Waals surface area (Å²) in [4.78, 5) is 13.1. The Labute approximate surface area is 158 Å². The van der Waals surface area contributed by atoms with Crippen LogP contribution in [0, 0.1) is 0 Å². The number of nitrogens with one attached hydrogen (secondary N) is 1. The van der Waals surface area contributed by atoms with E-state index in [4.69, 9.17) is 0 Å². The number of hydrogen-bond donors (Lipinski definition) is 1. The van der Waals surface area contributed by atoms with E-state index in [-0.39, 0.29) is 15.7 Å². The van der Waals surface area contributed by atoms with Gasteiger partial charge in [-0.25, -0.2) is 8.42 Å². The third-order valence-corrected chi connectivity index (χ3v) is 8.11. The Morgan fingerprint density at radius 3 is 2.58 bits per heavy atom. The maximum Gasteiger partial charge on any atom is 0.267 e. The lowest BCUT2D eigenvalue weighted by atomic mass is 10.1. The van der Waals surface area contributed by atoms with E-state index in [0.717, 1.165) is 44.2 Å². The maximum absolute atomic E-state index is 12.9. The van der Waals surface area contributed by atoms with Gasteiger partial charge >= 0.3 is 0 Å². The van der Waals surface area contributed by atoms with E-state index in [9.17, 15) is 13.2 Å². The Bertz CT molecular complexity index is 928.